The van der Waals surface area contributed by atoms with Crippen molar-refractivity contribution >= 4 is 26.1 Å². The molecule has 3 atom stereocenters. The van der Waals surface area contributed by atoms with Crippen molar-refractivity contribution in [1.82, 2.24) is 0 Å². The van der Waals surface area contributed by atoms with Crippen molar-refractivity contribution in [3.05, 3.63) is 57.6 Å². The Kier molecular flexibility index (Phi) is 11.7. The van der Waals surface area contributed by atoms with Crippen LogP contribution in [0.4, 0.5) is 0 Å². The maximum atomic E-state index is 12.1. The molecule has 2 aliphatic rings. The van der Waals surface area contributed by atoms with Crippen LogP contribution in [0, 0.1) is 25.7 Å². The number of benzene rings is 2. The Morgan fingerprint density at radius 2 is 1.44 bits per heavy atom. The summed E-state index contributed by atoms with van der Waals surface area (Å²) in [6.45, 7) is 3.78. The Labute approximate surface area is 236 Å². The number of methoxy groups -OCH3 is 2. The second kappa shape index (κ2) is 13.3. The summed E-state index contributed by atoms with van der Waals surface area (Å²) in [6, 6.07) is 7.41. The van der Waals surface area contributed by atoms with E-state index in [9.17, 15) is 19.5 Å². The maximum absolute atomic E-state index is 12.1. The first-order valence-electron chi connectivity index (χ1n) is 11.1. The zero-order valence-corrected chi connectivity index (χ0v) is 23.3. The molecule has 0 saturated heterocycles. The standard InChI is InChI=1S/C13H16O4.C13H14O4.B.Na.H/c2*1-7-3-4-10(17-2)9-5-8(6-11(14)15)13(16)12(7)9;;;/h3-4,8,13,16H,5-6H2,1-2H3,(H,14,15);3-4,8H,5-6H2,1-2H3,(H,14,15);;;/q;;;+1;-1. The molecule has 0 amide bonds. The number of fused-ring (bicyclic) bond motifs is 2. The first-order chi connectivity index (χ1) is 16.1. The number of hydrogen-bond donors (Lipinski definition) is 3. The van der Waals surface area contributed by atoms with Crippen LogP contribution in [-0.2, 0) is 22.4 Å². The normalized spacial score (nSPS) is 19.0. The van der Waals surface area contributed by atoms with Crippen molar-refractivity contribution in [2.24, 2.45) is 11.8 Å². The van der Waals surface area contributed by atoms with Gasteiger partial charge in [0.05, 0.1) is 33.2 Å². The second-order valence-electron chi connectivity index (χ2n) is 8.79. The van der Waals surface area contributed by atoms with Gasteiger partial charge in [0.1, 0.15) is 11.5 Å². The van der Waals surface area contributed by atoms with Crippen molar-refractivity contribution in [3.63, 3.8) is 0 Å². The number of aryl methyl sites for hydroxylation is 2. The fraction of sp³-hybridized carbons (Fsp3) is 0.423. The van der Waals surface area contributed by atoms with E-state index in [0.29, 0.717) is 24.2 Å². The van der Waals surface area contributed by atoms with Gasteiger partial charge in [0.25, 0.3) is 0 Å². The number of carbonyl (C=O) groups is 3. The number of aliphatic hydroxyl groups excluding tert-OH is 1. The monoisotopic (exact) mass is 505 g/mol. The molecule has 4 rings (SSSR count). The average molecular weight is 505 g/mol. The molecule has 0 spiro atoms. The molecule has 10 heteroatoms. The SMILES string of the molecule is COc1ccc(C)c2c1CC(CC(=O)O)C2=O.COc1ccc(C)c2c1CC(CC(=O)O)C2O.[B].[H-].[Na+]. The molecule has 3 unspecified atom stereocenters. The van der Waals surface area contributed by atoms with Crippen molar-refractivity contribution in [3.8, 4) is 11.5 Å². The largest absolute Gasteiger partial charge is 1.00 e. The zero-order valence-electron chi connectivity index (χ0n) is 22.3. The number of ether oxygens (including phenoxy) is 2. The Morgan fingerprint density at radius 3 is 1.97 bits per heavy atom. The molecule has 0 heterocycles. The van der Waals surface area contributed by atoms with Crippen LogP contribution in [0.1, 0.15) is 58.5 Å². The summed E-state index contributed by atoms with van der Waals surface area (Å²) >= 11 is 0. The van der Waals surface area contributed by atoms with E-state index in [-0.39, 0.29) is 63.9 Å². The third kappa shape index (κ3) is 6.51. The quantitative estimate of drug-likeness (QED) is 0.477. The maximum Gasteiger partial charge on any atom is 1.00 e. The van der Waals surface area contributed by atoms with Gasteiger partial charge in [-0.2, -0.15) is 0 Å². The Hall–Kier alpha value is -2.33. The van der Waals surface area contributed by atoms with Crippen LogP contribution in [0.5, 0.6) is 11.5 Å². The summed E-state index contributed by atoms with van der Waals surface area (Å²) in [5.41, 5.74) is 5.17. The molecule has 0 saturated carbocycles. The molecule has 2 aliphatic carbocycles. The molecule has 3 radical (unpaired) electrons. The molecule has 36 heavy (non-hydrogen) atoms. The Balaban J connectivity index is 0.000000648. The second-order valence-corrected chi connectivity index (χ2v) is 8.79. The fourth-order valence-corrected chi connectivity index (χ4v) is 4.99. The molecule has 0 fully saturated rings. The third-order valence-electron chi connectivity index (χ3n) is 6.58. The predicted octanol–water partition coefficient (Wildman–Crippen LogP) is 0.253. The van der Waals surface area contributed by atoms with E-state index in [1.165, 1.54) is 0 Å². The topological polar surface area (TPSA) is 130 Å². The van der Waals surface area contributed by atoms with Crippen LogP contribution in [-0.4, -0.2) is 55.7 Å². The number of aliphatic hydroxyl groups is 1. The molecular weight excluding hydrogens is 474 g/mol. The van der Waals surface area contributed by atoms with E-state index >= 15 is 0 Å². The van der Waals surface area contributed by atoms with Crippen LogP contribution in [0.3, 0.4) is 0 Å². The van der Waals surface area contributed by atoms with Crippen molar-refractivity contribution in [1.29, 1.82) is 0 Å². The van der Waals surface area contributed by atoms with Crippen LogP contribution in [0.2, 0.25) is 0 Å². The molecular formula is C26H31BNaO8. The van der Waals surface area contributed by atoms with E-state index < -0.39 is 24.0 Å². The summed E-state index contributed by atoms with van der Waals surface area (Å²) in [5, 5.41) is 27.8. The van der Waals surface area contributed by atoms with Gasteiger partial charge in [0, 0.05) is 36.9 Å². The number of ketones is 1. The van der Waals surface area contributed by atoms with Gasteiger partial charge in [-0.05, 0) is 55.5 Å². The molecule has 3 N–H and O–H groups in total. The van der Waals surface area contributed by atoms with E-state index in [2.05, 4.69) is 0 Å². The van der Waals surface area contributed by atoms with Gasteiger partial charge in [-0.1, -0.05) is 12.1 Å². The van der Waals surface area contributed by atoms with E-state index in [1.807, 2.05) is 38.1 Å². The van der Waals surface area contributed by atoms with Gasteiger partial charge < -0.3 is 26.2 Å². The summed E-state index contributed by atoms with van der Waals surface area (Å²) in [6.07, 6.45) is 0.198. The van der Waals surface area contributed by atoms with Gasteiger partial charge in [-0.3, -0.25) is 14.4 Å². The number of Topliss-reactive ketones (excluding diaryl/α,β-unsaturated/α-hetero) is 1. The third-order valence-corrected chi connectivity index (χ3v) is 6.58. The molecule has 2 aromatic rings. The molecule has 2 aromatic carbocycles. The minimum atomic E-state index is -0.937. The number of rotatable bonds is 6. The summed E-state index contributed by atoms with van der Waals surface area (Å²) in [5.74, 6) is -1.18. The minimum Gasteiger partial charge on any atom is -1.00 e. The van der Waals surface area contributed by atoms with Crippen LogP contribution >= 0.6 is 0 Å². The smallest absolute Gasteiger partial charge is 1.00 e. The van der Waals surface area contributed by atoms with Crippen molar-refractivity contribution in [2.75, 3.05) is 14.2 Å². The number of carbonyl (C=O) groups excluding carboxylic acids is 1. The first-order valence-corrected chi connectivity index (χ1v) is 11.1. The predicted molar refractivity (Wildman–Crippen MR) is 131 cm³/mol. The van der Waals surface area contributed by atoms with Gasteiger partial charge >= 0.3 is 41.5 Å². The van der Waals surface area contributed by atoms with Crippen molar-refractivity contribution < 1.29 is 70.2 Å². The van der Waals surface area contributed by atoms with Crippen LogP contribution < -0.4 is 39.0 Å². The fourth-order valence-electron chi connectivity index (χ4n) is 4.99. The first kappa shape index (κ1) is 31.7. The number of carboxylic acids is 2. The molecule has 0 bridgehead atoms. The summed E-state index contributed by atoms with van der Waals surface area (Å²) < 4.78 is 10.5. The minimum absolute atomic E-state index is 0. The number of carboxylic acid groups (broad SMARTS) is 2. The summed E-state index contributed by atoms with van der Waals surface area (Å²) in [4.78, 5) is 33.6. The molecule has 8 nitrogen and oxygen atoms in total. The van der Waals surface area contributed by atoms with E-state index in [1.54, 1.807) is 14.2 Å². The van der Waals surface area contributed by atoms with Crippen molar-refractivity contribution in [2.45, 2.75) is 45.6 Å². The zero-order chi connectivity index (χ0) is 25.2. The number of hydrogen-bond acceptors (Lipinski definition) is 6. The average Bonchev–Trinajstić information content (AvgIpc) is 3.27. The molecule has 0 aromatic heterocycles. The molecule has 187 valence electrons. The Morgan fingerprint density at radius 1 is 0.917 bits per heavy atom. The van der Waals surface area contributed by atoms with E-state index in [0.717, 1.165) is 33.6 Å². The Bertz CT molecular complexity index is 1140. The summed E-state index contributed by atoms with van der Waals surface area (Å²) in [7, 11) is 3.14. The van der Waals surface area contributed by atoms with Crippen LogP contribution in [0.15, 0.2) is 24.3 Å². The van der Waals surface area contributed by atoms with E-state index in [4.69, 9.17) is 19.7 Å². The van der Waals surface area contributed by atoms with Gasteiger partial charge in [0.2, 0.25) is 0 Å². The van der Waals surface area contributed by atoms with Crippen LogP contribution in [0.25, 0.3) is 0 Å². The van der Waals surface area contributed by atoms with Gasteiger partial charge in [-0.15, -0.1) is 0 Å². The van der Waals surface area contributed by atoms with Gasteiger partial charge in [0.15, 0.2) is 5.78 Å². The number of aliphatic carboxylic acids is 2. The molecule has 0 aliphatic heterocycles. The van der Waals surface area contributed by atoms with Gasteiger partial charge in [-0.25, -0.2) is 0 Å².